The molecular formula is C19H17N3O3S. The average Bonchev–Trinajstić information content (AvgIpc) is 3.15. The molecule has 0 atom stereocenters. The summed E-state index contributed by atoms with van der Waals surface area (Å²) in [5, 5.41) is 5.19. The van der Waals surface area contributed by atoms with E-state index in [1.165, 1.54) is 11.3 Å². The number of ether oxygens (including phenoxy) is 1. The third kappa shape index (κ3) is 5.22. The molecule has 2 heterocycles. The van der Waals surface area contributed by atoms with Gasteiger partial charge in [-0.25, -0.2) is 4.98 Å². The molecule has 3 aromatic rings. The van der Waals surface area contributed by atoms with Gasteiger partial charge in [-0.3, -0.25) is 14.6 Å². The Bertz CT molecular complexity index is 866. The second kappa shape index (κ2) is 8.87. The molecule has 0 bridgehead atoms. The quantitative estimate of drug-likeness (QED) is 0.649. The summed E-state index contributed by atoms with van der Waals surface area (Å²) in [7, 11) is 0. The summed E-state index contributed by atoms with van der Waals surface area (Å²) in [6.45, 7) is 0.0291. The van der Waals surface area contributed by atoms with Crippen LogP contribution >= 0.6 is 11.3 Å². The van der Waals surface area contributed by atoms with Gasteiger partial charge in [0, 0.05) is 23.3 Å². The maximum absolute atomic E-state index is 12.0. The fraction of sp³-hybridized carbons (Fsp3) is 0.158. The van der Waals surface area contributed by atoms with Crippen molar-refractivity contribution in [1.29, 1.82) is 0 Å². The summed E-state index contributed by atoms with van der Waals surface area (Å²) in [5.41, 5.74) is 2.47. The molecule has 0 fully saturated rings. The zero-order valence-corrected chi connectivity index (χ0v) is 14.7. The van der Waals surface area contributed by atoms with Gasteiger partial charge in [-0.1, -0.05) is 30.3 Å². The summed E-state index contributed by atoms with van der Waals surface area (Å²) in [4.78, 5) is 32.2. The maximum Gasteiger partial charge on any atom is 0.325 e. The Morgan fingerprint density at radius 1 is 1.12 bits per heavy atom. The van der Waals surface area contributed by atoms with Crippen molar-refractivity contribution >= 4 is 23.2 Å². The van der Waals surface area contributed by atoms with Gasteiger partial charge in [0.05, 0.1) is 12.1 Å². The number of carbonyl (C=O) groups excluding carboxylic acids is 2. The first kappa shape index (κ1) is 17.8. The third-order valence-electron chi connectivity index (χ3n) is 3.47. The lowest BCUT2D eigenvalue weighted by Gasteiger charge is -2.06. The predicted molar refractivity (Wildman–Crippen MR) is 98.3 cm³/mol. The number of nitrogens with zero attached hydrogens (tertiary/aromatic N) is 2. The van der Waals surface area contributed by atoms with Crippen LogP contribution in [0.2, 0.25) is 0 Å². The highest BCUT2D eigenvalue weighted by Crippen LogP contribution is 2.22. The molecule has 1 N–H and O–H groups in total. The number of hydrogen-bond donors (Lipinski definition) is 1. The molecular weight excluding hydrogens is 350 g/mol. The molecule has 1 aromatic carbocycles. The number of thiazole rings is 1. The topological polar surface area (TPSA) is 81.2 Å². The normalized spacial score (nSPS) is 10.3. The lowest BCUT2D eigenvalue weighted by molar-refractivity contribution is -0.145. The highest BCUT2D eigenvalue weighted by atomic mass is 32.1. The molecule has 0 saturated heterocycles. The minimum atomic E-state index is -0.475. The van der Waals surface area contributed by atoms with E-state index in [1.54, 1.807) is 12.4 Å². The van der Waals surface area contributed by atoms with E-state index in [4.69, 9.17) is 4.74 Å². The number of nitrogens with one attached hydrogen (secondary N) is 1. The zero-order chi connectivity index (χ0) is 18.2. The number of pyridine rings is 1. The minimum Gasteiger partial charge on any atom is -0.460 e. The molecule has 6 nitrogen and oxygen atoms in total. The van der Waals surface area contributed by atoms with Crippen molar-refractivity contribution in [2.75, 3.05) is 6.54 Å². The fourth-order valence-corrected chi connectivity index (χ4v) is 3.01. The van der Waals surface area contributed by atoms with Crippen LogP contribution in [0.3, 0.4) is 0 Å². The summed E-state index contributed by atoms with van der Waals surface area (Å²) >= 11 is 1.45. The first-order valence-electron chi connectivity index (χ1n) is 8.02. The van der Waals surface area contributed by atoms with Crippen molar-refractivity contribution in [2.45, 2.75) is 13.0 Å². The molecule has 0 radical (unpaired) electrons. The third-order valence-corrected chi connectivity index (χ3v) is 4.41. The van der Waals surface area contributed by atoms with E-state index >= 15 is 0 Å². The predicted octanol–water partition coefficient (Wildman–Crippen LogP) is 2.61. The number of amides is 1. The number of benzene rings is 1. The molecule has 0 aliphatic heterocycles. The highest BCUT2D eigenvalue weighted by molar-refractivity contribution is 7.13. The largest absolute Gasteiger partial charge is 0.460 e. The van der Waals surface area contributed by atoms with E-state index in [-0.39, 0.29) is 25.5 Å². The van der Waals surface area contributed by atoms with Gasteiger partial charge in [-0.2, -0.15) is 0 Å². The molecule has 0 aliphatic carbocycles. The van der Waals surface area contributed by atoms with Crippen molar-refractivity contribution in [3.63, 3.8) is 0 Å². The van der Waals surface area contributed by atoms with Crippen molar-refractivity contribution in [3.8, 4) is 10.6 Å². The molecule has 0 spiro atoms. The van der Waals surface area contributed by atoms with E-state index < -0.39 is 5.97 Å². The Kier molecular flexibility index (Phi) is 6.05. The number of carbonyl (C=O) groups is 2. The first-order chi connectivity index (χ1) is 12.7. The van der Waals surface area contributed by atoms with Gasteiger partial charge < -0.3 is 10.1 Å². The molecule has 2 aromatic heterocycles. The number of aromatic nitrogens is 2. The summed E-state index contributed by atoms with van der Waals surface area (Å²) in [6, 6.07) is 13.1. The van der Waals surface area contributed by atoms with Crippen LogP contribution in [0.5, 0.6) is 0 Å². The Morgan fingerprint density at radius 2 is 1.96 bits per heavy atom. The highest BCUT2D eigenvalue weighted by Gasteiger charge is 2.11. The van der Waals surface area contributed by atoms with E-state index in [2.05, 4.69) is 15.3 Å². The Hall–Kier alpha value is -3.06. The van der Waals surface area contributed by atoms with Crippen LogP contribution < -0.4 is 5.32 Å². The number of hydrogen-bond acceptors (Lipinski definition) is 6. The Balaban J connectivity index is 1.43. The number of esters is 1. The molecule has 26 heavy (non-hydrogen) atoms. The molecule has 0 aliphatic rings. The van der Waals surface area contributed by atoms with E-state index in [1.807, 2.05) is 47.8 Å². The SMILES string of the molecule is O=C(Cc1csc(-c2cccnc2)n1)NCC(=O)OCc1ccccc1. The van der Waals surface area contributed by atoms with Gasteiger partial charge in [0.2, 0.25) is 5.91 Å². The van der Waals surface area contributed by atoms with E-state index in [0.717, 1.165) is 16.1 Å². The van der Waals surface area contributed by atoms with Gasteiger partial charge in [0.1, 0.15) is 18.2 Å². The lowest BCUT2D eigenvalue weighted by Crippen LogP contribution is -2.31. The van der Waals surface area contributed by atoms with Crippen LogP contribution in [-0.2, 0) is 27.4 Å². The molecule has 3 rings (SSSR count). The molecule has 0 saturated carbocycles. The van der Waals surface area contributed by atoms with Gasteiger partial charge in [-0.15, -0.1) is 11.3 Å². The number of rotatable bonds is 7. The summed E-state index contributed by atoms with van der Waals surface area (Å²) in [5.74, 6) is -0.749. The summed E-state index contributed by atoms with van der Waals surface area (Å²) < 4.78 is 5.12. The standard InChI is InChI=1S/C19H17N3O3S/c23-17(21-11-18(24)25-12-14-5-2-1-3-6-14)9-16-13-26-19(22-16)15-7-4-8-20-10-15/h1-8,10,13H,9,11-12H2,(H,21,23). The van der Waals surface area contributed by atoms with Crippen LogP contribution in [0, 0.1) is 0 Å². The molecule has 7 heteroatoms. The Morgan fingerprint density at radius 3 is 2.73 bits per heavy atom. The monoisotopic (exact) mass is 367 g/mol. The lowest BCUT2D eigenvalue weighted by atomic mass is 10.2. The Labute approximate surface area is 154 Å². The van der Waals surface area contributed by atoms with Gasteiger partial charge in [0.25, 0.3) is 0 Å². The van der Waals surface area contributed by atoms with Gasteiger partial charge in [0.15, 0.2) is 0 Å². The average molecular weight is 367 g/mol. The van der Waals surface area contributed by atoms with Crippen molar-refractivity contribution in [1.82, 2.24) is 15.3 Å². The molecule has 1 amide bonds. The maximum atomic E-state index is 12.0. The smallest absolute Gasteiger partial charge is 0.325 e. The van der Waals surface area contributed by atoms with E-state index in [0.29, 0.717) is 5.69 Å². The minimum absolute atomic E-state index is 0.114. The molecule has 0 unspecified atom stereocenters. The van der Waals surface area contributed by atoms with Crippen LogP contribution in [-0.4, -0.2) is 28.4 Å². The second-order valence-corrected chi connectivity index (χ2v) is 6.34. The van der Waals surface area contributed by atoms with Crippen LogP contribution in [0.4, 0.5) is 0 Å². The van der Waals surface area contributed by atoms with Crippen molar-refractivity contribution in [2.24, 2.45) is 0 Å². The first-order valence-corrected chi connectivity index (χ1v) is 8.90. The fourth-order valence-electron chi connectivity index (χ4n) is 2.20. The van der Waals surface area contributed by atoms with Gasteiger partial charge >= 0.3 is 5.97 Å². The molecule has 132 valence electrons. The van der Waals surface area contributed by atoms with Crippen molar-refractivity contribution < 1.29 is 14.3 Å². The van der Waals surface area contributed by atoms with Gasteiger partial charge in [-0.05, 0) is 17.7 Å². The van der Waals surface area contributed by atoms with Crippen LogP contribution in [0.25, 0.3) is 10.6 Å². The summed E-state index contributed by atoms with van der Waals surface area (Å²) in [6.07, 6.45) is 3.54. The second-order valence-electron chi connectivity index (χ2n) is 5.49. The van der Waals surface area contributed by atoms with Crippen molar-refractivity contribution in [3.05, 3.63) is 71.5 Å². The van der Waals surface area contributed by atoms with E-state index in [9.17, 15) is 9.59 Å². The zero-order valence-electron chi connectivity index (χ0n) is 13.9. The van der Waals surface area contributed by atoms with Crippen LogP contribution in [0.15, 0.2) is 60.2 Å². The van der Waals surface area contributed by atoms with Crippen LogP contribution in [0.1, 0.15) is 11.3 Å².